The third kappa shape index (κ3) is 4.47. The molecular weight excluding hydrogens is 382 g/mol. The first-order valence-electron chi connectivity index (χ1n) is 9.10. The van der Waals surface area contributed by atoms with Crippen LogP contribution in [0.1, 0.15) is 17.5 Å². The zero-order chi connectivity index (χ0) is 21.1. The van der Waals surface area contributed by atoms with Crippen molar-refractivity contribution < 1.29 is 27.8 Å². The molecule has 1 aliphatic rings. The highest BCUT2D eigenvalue weighted by atomic mass is 19.3. The average Bonchev–Trinajstić information content (AvgIpc) is 3.05. The average molecular weight is 404 g/mol. The predicted octanol–water partition coefficient (Wildman–Crippen LogP) is 3.91. The van der Waals surface area contributed by atoms with Crippen LogP contribution >= 0.6 is 0 Å². The second-order valence-corrected chi connectivity index (χ2v) is 6.86. The minimum Gasteiger partial charge on any atom is -0.493 e. The summed E-state index contributed by atoms with van der Waals surface area (Å²) in [6.07, 6.45) is 0.0791. The SMILES string of the molecule is COc1ccc(NC(=O)C2CC(=O)N(c3cccc(C)c3C)C2)cc1OC(F)F. The third-order valence-corrected chi connectivity index (χ3v) is 5.01. The van der Waals surface area contributed by atoms with Crippen molar-refractivity contribution in [2.45, 2.75) is 26.9 Å². The van der Waals surface area contributed by atoms with Crippen molar-refractivity contribution in [3.05, 3.63) is 47.5 Å². The Morgan fingerprint density at radius 3 is 2.66 bits per heavy atom. The molecule has 1 heterocycles. The van der Waals surface area contributed by atoms with Crippen LogP contribution in [0.5, 0.6) is 11.5 Å². The molecule has 0 saturated carbocycles. The number of benzene rings is 2. The third-order valence-electron chi connectivity index (χ3n) is 5.01. The van der Waals surface area contributed by atoms with Crippen molar-refractivity contribution in [2.75, 3.05) is 23.9 Å². The van der Waals surface area contributed by atoms with Crippen molar-refractivity contribution in [1.82, 2.24) is 0 Å². The molecule has 1 N–H and O–H groups in total. The number of carbonyl (C=O) groups excluding carboxylic acids is 2. The molecule has 0 aromatic heterocycles. The smallest absolute Gasteiger partial charge is 0.387 e. The predicted molar refractivity (Wildman–Crippen MR) is 105 cm³/mol. The van der Waals surface area contributed by atoms with Crippen LogP contribution in [-0.4, -0.2) is 32.1 Å². The Hall–Kier alpha value is -3.16. The molecule has 0 bridgehead atoms. The van der Waals surface area contributed by atoms with Crippen LogP contribution in [0.3, 0.4) is 0 Å². The van der Waals surface area contributed by atoms with Crippen molar-refractivity contribution in [3.8, 4) is 11.5 Å². The molecule has 154 valence electrons. The molecule has 29 heavy (non-hydrogen) atoms. The molecule has 6 nitrogen and oxygen atoms in total. The first-order valence-corrected chi connectivity index (χ1v) is 9.10. The lowest BCUT2D eigenvalue weighted by Crippen LogP contribution is -2.28. The van der Waals surface area contributed by atoms with E-state index in [0.717, 1.165) is 16.8 Å². The zero-order valence-electron chi connectivity index (χ0n) is 16.4. The van der Waals surface area contributed by atoms with Gasteiger partial charge in [0.05, 0.1) is 13.0 Å². The van der Waals surface area contributed by atoms with E-state index in [1.807, 2.05) is 32.0 Å². The van der Waals surface area contributed by atoms with Gasteiger partial charge in [0.25, 0.3) is 0 Å². The quantitative estimate of drug-likeness (QED) is 0.793. The number of amides is 2. The normalized spacial score (nSPS) is 16.3. The van der Waals surface area contributed by atoms with Crippen LogP contribution in [0, 0.1) is 19.8 Å². The maximum absolute atomic E-state index is 12.7. The molecule has 0 spiro atoms. The second-order valence-electron chi connectivity index (χ2n) is 6.86. The molecule has 8 heteroatoms. The Morgan fingerprint density at radius 1 is 1.21 bits per heavy atom. The summed E-state index contributed by atoms with van der Waals surface area (Å²) in [6.45, 7) is 1.14. The van der Waals surface area contributed by atoms with Gasteiger partial charge in [-0.1, -0.05) is 12.1 Å². The highest BCUT2D eigenvalue weighted by Crippen LogP contribution is 2.33. The number of hydrogen-bond acceptors (Lipinski definition) is 4. The van der Waals surface area contributed by atoms with Crippen LogP contribution in [0.15, 0.2) is 36.4 Å². The van der Waals surface area contributed by atoms with E-state index < -0.39 is 12.5 Å². The van der Waals surface area contributed by atoms with E-state index in [9.17, 15) is 18.4 Å². The summed E-state index contributed by atoms with van der Waals surface area (Å²) in [5, 5.41) is 2.67. The number of halogens is 2. The van der Waals surface area contributed by atoms with Crippen molar-refractivity contribution in [2.24, 2.45) is 5.92 Å². The van der Waals surface area contributed by atoms with Gasteiger partial charge in [-0.3, -0.25) is 9.59 Å². The van der Waals surface area contributed by atoms with Crippen LogP contribution in [-0.2, 0) is 9.59 Å². The van der Waals surface area contributed by atoms with E-state index in [0.29, 0.717) is 0 Å². The number of ether oxygens (including phenoxy) is 2. The monoisotopic (exact) mass is 404 g/mol. The van der Waals surface area contributed by atoms with Crippen molar-refractivity contribution >= 4 is 23.2 Å². The molecule has 2 aromatic carbocycles. The number of anilines is 2. The number of methoxy groups -OCH3 is 1. The fourth-order valence-corrected chi connectivity index (χ4v) is 3.33. The summed E-state index contributed by atoms with van der Waals surface area (Å²) in [5.41, 5.74) is 3.13. The van der Waals surface area contributed by atoms with Gasteiger partial charge in [0.2, 0.25) is 11.8 Å². The van der Waals surface area contributed by atoms with Crippen molar-refractivity contribution in [1.29, 1.82) is 0 Å². The van der Waals surface area contributed by atoms with Crippen LogP contribution < -0.4 is 19.7 Å². The number of rotatable bonds is 6. The van der Waals surface area contributed by atoms with Gasteiger partial charge in [0, 0.05) is 30.4 Å². The molecule has 1 fully saturated rings. The van der Waals surface area contributed by atoms with E-state index in [2.05, 4.69) is 10.1 Å². The van der Waals surface area contributed by atoms with E-state index in [1.54, 1.807) is 4.90 Å². The molecule has 2 amide bonds. The number of alkyl halides is 2. The topological polar surface area (TPSA) is 67.9 Å². The van der Waals surface area contributed by atoms with Gasteiger partial charge in [0.1, 0.15) is 0 Å². The summed E-state index contributed by atoms with van der Waals surface area (Å²) in [7, 11) is 1.33. The number of nitrogens with zero attached hydrogens (tertiary/aromatic N) is 1. The van der Waals surface area contributed by atoms with Gasteiger partial charge in [-0.05, 0) is 43.2 Å². The molecular formula is C21H22F2N2O4. The van der Waals surface area contributed by atoms with Gasteiger partial charge in [-0.15, -0.1) is 0 Å². The second kappa shape index (κ2) is 8.46. The molecule has 2 aromatic rings. The van der Waals surface area contributed by atoms with Gasteiger partial charge in [0.15, 0.2) is 11.5 Å². The number of hydrogen-bond donors (Lipinski definition) is 1. The highest BCUT2D eigenvalue weighted by molar-refractivity contribution is 6.04. The Bertz CT molecular complexity index is 933. The highest BCUT2D eigenvalue weighted by Gasteiger charge is 2.35. The fourth-order valence-electron chi connectivity index (χ4n) is 3.33. The Balaban J connectivity index is 1.73. The lowest BCUT2D eigenvalue weighted by molar-refractivity contribution is -0.122. The first-order chi connectivity index (χ1) is 13.8. The van der Waals surface area contributed by atoms with E-state index in [4.69, 9.17) is 4.74 Å². The van der Waals surface area contributed by atoms with Gasteiger partial charge >= 0.3 is 6.61 Å². The largest absolute Gasteiger partial charge is 0.493 e. The first kappa shape index (κ1) is 20.6. The minimum atomic E-state index is -3.02. The summed E-state index contributed by atoms with van der Waals surface area (Å²) in [4.78, 5) is 26.8. The fraction of sp³-hybridized carbons (Fsp3) is 0.333. The molecule has 3 rings (SSSR count). The Kier molecular flexibility index (Phi) is 6.00. The lowest BCUT2D eigenvalue weighted by atomic mass is 10.1. The molecule has 0 aliphatic carbocycles. The summed E-state index contributed by atoms with van der Waals surface area (Å²) in [6, 6.07) is 9.91. The molecule has 1 unspecified atom stereocenters. The molecule has 0 radical (unpaired) electrons. The molecule has 1 atom stereocenters. The number of aryl methyl sites for hydroxylation is 1. The van der Waals surface area contributed by atoms with Crippen molar-refractivity contribution in [3.63, 3.8) is 0 Å². The Morgan fingerprint density at radius 2 is 1.97 bits per heavy atom. The summed E-state index contributed by atoms with van der Waals surface area (Å²) < 4.78 is 34.6. The maximum atomic E-state index is 12.7. The molecule has 1 aliphatic heterocycles. The lowest BCUT2D eigenvalue weighted by Gasteiger charge is -2.20. The molecule has 1 saturated heterocycles. The minimum absolute atomic E-state index is 0.0791. The van der Waals surface area contributed by atoms with Gasteiger partial charge < -0.3 is 19.7 Å². The van der Waals surface area contributed by atoms with E-state index >= 15 is 0 Å². The summed E-state index contributed by atoms with van der Waals surface area (Å²) >= 11 is 0. The number of carbonyl (C=O) groups is 2. The standard InChI is InChI=1S/C21H22F2N2O4/c1-12-5-4-6-16(13(12)2)25-11-14(9-19(25)26)20(27)24-15-7-8-17(28-3)18(10-15)29-21(22)23/h4-8,10,14,21H,9,11H2,1-3H3,(H,24,27). The van der Waals surface area contributed by atoms with E-state index in [-0.39, 0.29) is 42.0 Å². The van der Waals surface area contributed by atoms with Crippen LogP contribution in [0.2, 0.25) is 0 Å². The van der Waals surface area contributed by atoms with Gasteiger partial charge in [-0.25, -0.2) is 0 Å². The van der Waals surface area contributed by atoms with Gasteiger partial charge in [-0.2, -0.15) is 8.78 Å². The van der Waals surface area contributed by atoms with Crippen LogP contribution in [0.4, 0.5) is 20.2 Å². The Labute approximate surface area is 167 Å². The number of nitrogens with one attached hydrogen (secondary N) is 1. The van der Waals surface area contributed by atoms with E-state index in [1.165, 1.54) is 25.3 Å². The summed E-state index contributed by atoms with van der Waals surface area (Å²) in [5.74, 6) is -1.10. The maximum Gasteiger partial charge on any atom is 0.387 e. The van der Waals surface area contributed by atoms with Crippen LogP contribution in [0.25, 0.3) is 0 Å². The zero-order valence-corrected chi connectivity index (χ0v) is 16.4.